The molecule has 0 saturated carbocycles. The van der Waals surface area contributed by atoms with Gasteiger partial charge in [0.05, 0.1) is 11.1 Å². The molecule has 0 nitrogen and oxygen atoms in total. The van der Waals surface area contributed by atoms with Crippen LogP contribution in [0, 0.1) is 41.7 Å². The first-order chi connectivity index (χ1) is 37.0. The Morgan fingerprint density at radius 3 is 0.921 bits per heavy atom. The van der Waals surface area contributed by atoms with Crippen LogP contribution in [-0.2, 0) is 12.4 Å². The smallest absolute Gasteiger partial charge is 0.166 e. The van der Waals surface area contributed by atoms with Crippen LogP contribution in [0.2, 0.25) is 0 Å². The number of hydrogen-bond donors (Lipinski definition) is 0. The molecule has 14 aromatic rings. The predicted molar refractivity (Wildman–Crippen MR) is 295 cm³/mol. The molecule has 0 heterocycles. The second-order valence-electron chi connectivity index (χ2n) is 20.3. The zero-order valence-corrected chi connectivity index (χ0v) is 40.1. The molecule has 14 aromatic carbocycles. The molecule has 2 aliphatic rings. The topological polar surface area (TPSA) is 0 Å². The first kappa shape index (κ1) is 43.2. The summed E-state index contributed by atoms with van der Waals surface area (Å²) < 4.78 is 87.9. The van der Waals surface area contributed by atoms with E-state index in [9.17, 15) is 26.3 Å². The Morgan fingerprint density at radius 1 is 0.224 bits per heavy atom. The molecule has 2 aliphatic carbocycles. The lowest BCUT2D eigenvalue weighted by Crippen LogP contribution is -2.04. The van der Waals surface area contributed by atoms with Crippen molar-refractivity contribution < 1.29 is 26.3 Å². The van der Waals surface area contributed by atoms with Crippen molar-refractivity contribution in [1.29, 1.82) is 0 Å². The molecule has 0 saturated heterocycles. The Balaban J connectivity index is 1.12. The molecule has 0 bridgehead atoms. The summed E-state index contributed by atoms with van der Waals surface area (Å²) in [7, 11) is 0. The lowest BCUT2D eigenvalue weighted by Gasteiger charge is -2.17. The lowest BCUT2D eigenvalue weighted by atomic mass is 9.86. The van der Waals surface area contributed by atoms with Gasteiger partial charge in [-0.15, -0.1) is 0 Å². The third-order valence-corrected chi connectivity index (χ3v) is 16.5. The van der Waals surface area contributed by atoms with Gasteiger partial charge in [0, 0.05) is 0 Å². The second-order valence-corrected chi connectivity index (χ2v) is 20.3. The molecule has 16 rings (SSSR count). The highest BCUT2D eigenvalue weighted by Crippen LogP contribution is 2.50. The lowest BCUT2D eigenvalue weighted by molar-refractivity contribution is -0.138. The molecule has 0 unspecified atom stereocenters. The van der Waals surface area contributed by atoms with Gasteiger partial charge in [-0.3, -0.25) is 0 Å². The van der Waals surface area contributed by atoms with Crippen LogP contribution in [0.5, 0.6) is 0 Å². The van der Waals surface area contributed by atoms with E-state index in [-0.39, 0.29) is 0 Å². The standard InChI is InChI=1S/C70H36F6/c71-69(72,73)43-21-11-19-41(33-43)59-46-24-10-9-23-45(46)57(37-13-3-1-4-14-37)65-51-29-25-47-50-28-32-54-64-52(30-26-48(62(50)64)49-27-31-53(67(59)65)63(51)61(47)49)66-58(38-15-5-2-6-16-38)55-35-39-17-7-8-18-40(39)36-56(55)60(68(54)66)42-20-12-22-44(34-42)70(74,75)76/h1-36H. The third kappa shape index (κ3) is 5.81. The molecule has 0 radical (unpaired) electrons. The van der Waals surface area contributed by atoms with Crippen molar-refractivity contribution in [2.75, 3.05) is 0 Å². The van der Waals surface area contributed by atoms with Crippen molar-refractivity contribution in [3.05, 3.63) is 271 Å². The fourth-order valence-corrected chi connectivity index (χ4v) is 13.5. The third-order valence-electron chi connectivity index (χ3n) is 16.5. The van der Waals surface area contributed by atoms with Gasteiger partial charge in [0.2, 0.25) is 0 Å². The van der Waals surface area contributed by atoms with E-state index < -0.39 is 23.5 Å². The van der Waals surface area contributed by atoms with E-state index in [1.54, 1.807) is 12.1 Å². The van der Waals surface area contributed by atoms with Gasteiger partial charge in [0.1, 0.15) is 0 Å². The number of hydrogen-bond acceptors (Lipinski definition) is 0. The van der Waals surface area contributed by atoms with Crippen molar-refractivity contribution in [3.8, 4) is 44.5 Å². The summed E-state index contributed by atoms with van der Waals surface area (Å²) in [6, 6.07) is 70.1. The van der Waals surface area contributed by atoms with Crippen LogP contribution in [0.25, 0.3) is 120 Å². The van der Waals surface area contributed by atoms with E-state index in [0.717, 1.165) is 163 Å². The van der Waals surface area contributed by atoms with Crippen LogP contribution in [0.15, 0.2) is 218 Å². The fraction of sp³-hybridized carbons (Fsp3) is 0.0286. The highest BCUT2D eigenvalue weighted by molar-refractivity contribution is 6.33. The van der Waals surface area contributed by atoms with Crippen LogP contribution in [0.3, 0.4) is 0 Å². The molecule has 0 atom stereocenters. The molecule has 0 aliphatic heterocycles. The number of rotatable bonds is 4. The van der Waals surface area contributed by atoms with Gasteiger partial charge in [-0.1, -0.05) is 182 Å². The Hall–Kier alpha value is -9.26. The van der Waals surface area contributed by atoms with Crippen molar-refractivity contribution in [2.24, 2.45) is 0 Å². The molecule has 0 N–H and O–H groups in total. The van der Waals surface area contributed by atoms with E-state index in [2.05, 4.69) is 103 Å². The number of halogens is 6. The summed E-state index contributed by atoms with van der Waals surface area (Å²) in [5.41, 5.74) is 5.15. The predicted octanol–water partition coefficient (Wildman–Crippen LogP) is 19.7. The Kier molecular flexibility index (Phi) is 8.62. The highest BCUT2D eigenvalue weighted by atomic mass is 19.4. The van der Waals surface area contributed by atoms with Crippen LogP contribution in [0.1, 0.15) is 11.1 Å². The van der Waals surface area contributed by atoms with E-state index >= 15 is 0 Å². The number of benzene rings is 14. The van der Waals surface area contributed by atoms with E-state index in [4.69, 9.17) is 0 Å². The average Bonchev–Trinajstić information content (AvgIpc) is 4.15. The van der Waals surface area contributed by atoms with Crippen LogP contribution in [0.4, 0.5) is 26.3 Å². The van der Waals surface area contributed by atoms with E-state index in [1.165, 1.54) is 24.3 Å². The summed E-state index contributed by atoms with van der Waals surface area (Å²) in [5.74, 6) is 0. The summed E-state index contributed by atoms with van der Waals surface area (Å²) in [5, 5.41) is 21.8. The zero-order valence-electron chi connectivity index (χ0n) is 40.1. The van der Waals surface area contributed by atoms with E-state index in [1.807, 2.05) is 66.7 Å². The molecule has 6 heteroatoms. The van der Waals surface area contributed by atoms with Crippen LogP contribution < -0.4 is 0 Å². The molecular formula is C70H36F6. The molecule has 0 amide bonds. The van der Waals surface area contributed by atoms with Gasteiger partial charge < -0.3 is 0 Å². The Labute approximate surface area is 427 Å². The van der Waals surface area contributed by atoms with Crippen LogP contribution in [-0.4, -0.2) is 0 Å². The summed E-state index contributed by atoms with van der Waals surface area (Å²) >= 11 is 0. The molecule has 0 spiro atoms. The van der Waals surface area contributed by atoms with Crippen molar-refractivity contribution in [1.82, 2.24) is 0 Å². The number of alkyl halides is 6. The summed E-state index contributed by atoms with van der Waals surface area (Å²) in [6.45, 7) is 0. The largest absolute Gasteiger partial charge is 0.416 e. The van der Waals surface area contributed by atoms with E-state index in [0.29, 0.717) is 11.1 Å². The maximum Gasteiger partial charge on any atom is 0.416 e. The van der Waals surface area contributed by atoms with Gasteiger partial charge in [-0.2, -0.15) is 26.3 Å². The highest BCUT2D eigenvalue weighted by Gasteiger charge is 2.33. The Bertz CT molecular complexity index is 5340. The molecular weight excluding hydrogens is 955 g/mol. The first-order valence-corrected chi connectivity index (χ1v) is 25.3. The van der Waals surface area contributed by atoms with Crippen molar-refractivity contribution >= 4 is 75.4 Å². The number of fused-ring (bicyclic) bond motifs is 7. The minimum Gasteiger partial charge on any atom is -0.166 e. The molecule has 0 aromatic heterocycles. The van der Waals surface area contributed by atoms with Gasteiger partial charge in [-0.05, 0) is 198 Å². The van der Waals surface area contributed by atoms with Gasteiger partial charge >= 0.3 is 12.4 Å². The SMILES string of the molecule is FC(F)(F)c1cccc(-c2c3c(c(-c4ccccc4)c4ccccc24)=c2ccc4c5ccc6c7c(ccc(c8ccc=3c2c84)c75)=c2c(-c3ccccc3)c3cc4ccccc4cc3c(-c3cccc(C(F)(F)F)c3)c2=6)c1. The van der Waals surface area contributed by atoms with Crippen LogP contribution >= 0.6 is 0 Å². The van der Waals surface area contributed by atoms with Crippen molar-refractivity contribution in [3.63, 3.8) is 0 Å². The monoisotopic (exact) mass is 990 g/mol. The molecule has 0 fully saturated rings. The second kappa shape index (κ2) is 15.2. The van der Waals surface area contributed by atoms with Gasteiger partial charge in [0.25, 0.3) is 0 Å². The van der Waals surface area contributed by atoms with Gasteiger partial charge in [0.15, 0.2) is 0 Å². The molecule has 76 heavy (non-hydrogen) atoms. The summed E-state index contributed by atoms with van der Waals surface area (Å²) in [4.78, 5) is 0. The quantitative estimate of drug-likeness (QED) is 0.0936. The van der Waals surface area contributed by atoms with Crippen molar-refractivity contribution in [2.45, 2.75) is 12.4 Å². The Morgan fingerprint density at radius 2 is 0.539 bits per heavy atom. The fourth-order valence-electron chi connectivity index (χ4n) is 13.5. The minimum atomic E-state index is -4.55. The maximum absolute atomic E-state index is 14.7. The maximum atomic E-state index is 14.7. The zero-order chi connectivity index (χ0) is 50.9. The molecule has 358 valence electrons. The minimum absolute atomic E-state index is 0.489. The summed E-state index contributed by atoms with van der Waals surface area (Å²) in [6.07, 6.45) is -9.09. The van der Waals surface area contributed by atoms with Gasteiger partial charge in [-0.25, -0.2) is 0 Å². The average molecular weight is 991 g/mol. The first-order valence-electron chi connectivity index (χ1n) is 25.3. The normalized spacial score (nSPS) is 12.9.